The Hall–Kier alpha value is 0.0969. The van der Waals surface area contributed by atoms with E-state index in [4.69, 9.17) is 4.43 Å². The normalized spacial score (nSPS) is 30.2. The summed E-state index contributed by atoms with van der Waals surface area (Å²) >= 11 is 0. The Morgan fingerprint density at radius 3 is 2.26 bits per heavy atom. The molecule has 1 fully saturated rings. The first kappa shape index (κ1) is 17.1. The van der Waals surface area contributed by atoms with Gasteiger partial charge in [-0.25, -0.2) is 0 Å². The van der Waals surface area contributed by atoms with E-state index in [1.807, 2.05) is 0 Å². The maximum atomic E-state index is 10.0. The van der Waals surface area contributed by atoms with E-state index in [0.717, 1.165) is 12.8 Å². The molecule has 0 spiro atoms. The van der Waals surface area contributed by atoms with Crippen molar-refractivity contribution in [3.05, 3.63) is 0 Å². The molecule has 1 aliphatic heterocycles. The fourth-order valence-corrected chi connectivity index (χ4v) is 4.07. The maximum absolute atomic E-state index is 10.0. The van der Waals surface area contributed by atoms with Gasteiger partial charge < -0.3 is 14.8 Å². The van der Waals surface area contributed by atoms with Crippen LogP contribution < -0.4 is 5.32 Å². The highest BCUT2D eigenvalue weighted by atomic mass is 28.4. The van der Waals surface area contributed by atoms with Gasteiger partial charge in [0.2, 0.25) is 0 Å². The van der Waals surface area contributed by atoms with Crippen molar-refractivity contribution in [1.29, 1.82) is 0 Å². The number of hydrogen-bond donors (Lipinski definition) is 2. The van der Waals surface area contributed by atoms with Crippen LogP contribution in [0.5, 0.6) is 0 Å². The lowest BCUT2D eigenvalue weighted by atomic mass is 9.85. The Morgan fingerprint density at radius 1 is 1.32 bits per heavy atom. The third-order valence-corrected chi connectivity index (χ3v) is 9.27. The fraction of sp³-hybridized carbons (Fsp3) is 1.00. The van der Waals surface area contributed by atoms with Crippen LogP contribution in [0.4, 0.5) is 0 Å². The summed E-state index contributed by atoms with van der Waals surface area (Å²) in [4.78, 5) is 0. The molecule has 19 heavy (non-hydrogen) atoms. The number of nitrogens with one attached hydrogen (secondary N) is 1. The maximum Gasteiger partial charge on any atom is 0.192 e. The van der Waals surface area contributed by atoms with Crippen molar-refractivity contribution in [2.75, 3.05) is 0 Å². The minimum atomic E-state index is -1.74. The van der Waals surface area contributed by atoms with Crippen molar-refractivity contribution < 1.29 is 9.53 Å². The van der Waals surface area contributed by atoms with E-state index in [9.17, 15) is 5.11 Å². The molecule has 1 rings (SSSR count). The van der Waals surface area contributed by atoms with E-state index in [1.54, 1.807) is 0 Å². The van der Waals surface area contributed by atoms with E-state index in [2.05, 4.69) is 60.0 Å². The standard InChI is InChI=1S/C15H33NO2Si/c1-11(18-19(7,8)14(2,3)4)13-9-12(17)10-15(5,6)16-13/h11-13,16-17H,9-10H2,1-8H3/t11-,12?,13?/m0/s1. The second kappa shape index (κ2) is 5.47. The van der Waals surface area contributed by atoms with Gasteiger partial charge in [0, 0.05) is 11.6 Å². The van der Waals surface area contributed by atoms with E-state index in [1.165, 1.54) is 0 Å². The van der Waals surface area contributed by atoms with Crippen molar-refractivity contribution in [2.24, 2.45) is 0 Å². The molecule has 0 aromatic rings. The van der Waals surface area contributed by atoms with Crippen LogP contribution in [0.25, 0.3) is 0 Å². The summed E-state index contributed by atoms with van der Waals surface area (Å²) in [5.41, 5.74) is -0.00656. The molecule has 1 saturated heterocycles. The number of piperidine rings is 1. The molecule has 0 amide bonds. The average molecular weight is 288 g/mol. The highest BCUT2D eigenvalue weighted by molar-refractivity contribution is 6.74. The first-order chi connectivity index (χ1) is 8.34. The molecule has 0 saturated carbocycles. The summed E-state index contributed by atoms with van der Waals surface area (Å²) in [7, 11) is -1.74. The van der Waals surface area contributed by atoms with Gasteiger partial charge in [0.05, 0.1) is 12.2 Å². The predicted molar refractivity (Wildman–Crippen MR) is 84.0 cm³/mol. The molecule has 1 heterocycles. The second-order valence-corrected chi connectivity index (χ2v) is 13.1. The summed E-state index contributed by atoms with van der Waals surface area (Å²) < 4.78 is 6.45. The summed E-state index contributed by atoms with van der Waals surface area (Å²) in [6.07, 6.45) is 1.54. The Kier molecular flexibility index (Phi) is 4.94. The van der Waals surface area contributed by atoms with Gasteiger partial charge in [0.15, 0.2) is 8.32 Å². The average Bonchev–Trinajstić information content (AvgIpc) is 2.11. The predicted octanol–water partition coefficient (Wildman–Crippen LogP) is 3.29. The van der Waals surface area contributed by atoms with Crippen LogP contribution in [0.2, 0.25) is 18.1 Å². The SMILES string of the molecule is C[C@H](O[Si](C)(C)C(C)(C)C)C1CC(O)CC(C)(C)N1. The molecule has 114 valence electrons. The monoisotopic (exact) mass is 287 g/mol. The van der Waals surface area contributed by atoms with Crippen LogP contribution in [0, 0.1) is 0 Å². The zero-order valence-corrected chi connectivity index (χ0v) is 15.0. The summed E-state index contributed by atoms with van der Waals surface area (Å²) in [6.45, 7) is 17.8. The van der Waals surface area contributed by atoms with E-state index in [-0.39, 0.29) is 28.8 Å². The molecule has 0 aromatic carbocycles. The van der Waals surface area contributed by atoms with Crippen LogP contribution in [0.3, 0.4) is 0 Å². The zero-order valence-electron chi connectivity index (χ0n) is 14.0. The third-order valence-electron chi connectivity index (χ3n) is 4.70. The van der Waals surface area contributed by atoms with Crippen molar-refractivity contribution in [1.82, 2.24) is 5.32 Å². The zero-order chi connectivity index (χ0) is 15.1. The smallest absolute Gasteiger partial charge is 0.192 e. The van der Waals surface area contributed by atoms with Crippen LogP contribution in [0.15, 0.2) is 0 Å². The molecule has 3 atom stereocenters. The van der Waals surface area contributed by atoms with Gasteiger partial charge in [-0.15, -0.1) is 0 Å². The molecule has 0 aromatic heterocycles. The number of rotatable bonds is 3. The van der Waals surface area contributed by atoms with Crippen LogP contribution in [-0.2, 0) is 4.43 Å². The van der Waals surface area contributed by atoms with Gasteiger partial charge in [-0.1, -0.05) is 20.8 Å². The summed E-state index contributed by atoms with van der Waals surface area (Å²) in [6, 6.07) is 0.243. The lowest BCUT2D eigenvalue weighted by Crippen LogP contribution is -2.59. The van der Waals surface area contributed by atoms with Gasteiger partial charge in [0.1, 0.15) is 0 Å². The molecular weight excluding hydrogens is 254 g/mol. The third kappa shape index (κ3) is 4.55. The minimum Gasteiger partial charge on any atom is -0.413 e. The van der Waals surface area contributed by atoms with Gasteiger partial charge in [0.25, 0.3) is 0 Å². The van der Waals surface area contributed by atoms with Crippen LogP contribution in [0.1, 0.15) is 54.4 Å². The van der Waals surface area contributed by atoms with Gasteiger partial charge in [-0.05, 0) is 51.7 Å². The number of aliphatic hydroxyl groups is 1. The molecule has 0 radical (unpaired) electrons. The lowest BCUT2D eigenvalue weighted by Gasteiger charge is -2.45. The molecule has 1 aliphatic rings. The van der Waals surface area contributed by atoms with Crippen molar-refractivity contribution in [3.63, 3.8) is 0 Å². The van der Waals surface area contributed by atoms with Gasteiger partial charge >= 0.3 is 0 Å². The Morgan fingerprint density at radius 2 is 1.84 bits per heavy atom. The van der Waals surface area contributed by atoms with Crippen molar-refractivity contribution in [2.45, 2.75) is 96.3 Å². The fourth-order valence-electron chi connectivity index (χ4n) is 2.62. The number of aliphatic hydroxyl groups excluding tert-OH is 1. The second-order valence-electron chi connectivity index (χ2n) is 8.31. The Balaban J connectivity index is 2.70. The highest BCUT2D eigenvalue weighted by Crippen LogP contribution is 2.38. The van der Waals surface area contributed by atoms with E-state index >= 15 is 0 Å². The van der Waals surface area contributed by atoms with E-state index in [0.29, 0.717) is 0 Å². The van der Waals surface area contributed by atoms with Gasteiger partial charge in [-0.2, -0.15) is 0 Å². The molecule has 3 nitrogen and oxygen atoms in total. The molecule has 4 heteroatoms. The molecule has 2 unspecified atom stereocenters. The Bertz CT molecular complexity index is 310. The molecule has 0 bridgehead atoms. The highest BCUT2D eigenvalue weighted by Gasteiger charge is 2.42. The van der Waals surface area contributed by atoms with Crippen LogP contribution in [-0.4, -0.2) is 37.2 Å². The van der Waals surface area contributed by atoms with Crippen LogP contribution >= 0.6 is 0 Å². The van der Waals surface area contributed by atoms with E-state index < -0.39 is 8.32 Å². The topological polar surface area (TPSA) is 41.5 Å². The quantitative estimate of drug-likeness (QED) is 0.783. The van der Waals surface area contributed by atoms with Gasteiger partial charge in [-0.3, -0.25) is 0 Å². The number of hydrogen-bond acceptors (Lipinski definition) is 3. The summed E-state index contributed by atoms with van der Waals surface area (Å²) in [5.74, 6) is 0. The molecule has 0 aliphatic carbocycles. The lowest BCUT2D eigenvalue weighted by molar-refractivity contribution is 0.0271. The van der Waals surface area contributed by atoms with Crippen molar-refractivity contribution >= 4 is 8.32 Å². The first-order valence-corrected chi connectivity index (χ1v) is 10.4. The first-order valence-electron chi connectivity index (χ1n) is 7.48. The van der Waals surface area contributed by atoms with Crippen molar-refractivity contribution in [3.8, 4) is 0 Å². The summed E-state index contributed by atoms with van der Waals surface area (Å²) in [5, 5.41) is 13.9. The Labute approximate surface area is 120 Å². The molecule has 2 N–H and O–H groups in total. The largest absolute Gasteiger partial charge is 0.413 e. The molecular formula is C15H33NO2Si. The minimum absolute atomic E-state index is 0.00656.